The molecule has 3 N–H and O–H groups in total. The van der Waals surface area contributed by atoms with E-state index in [2.05, 4.69) is 5.32 Å². The van der Waals surface area contributed by atoms with Gasteiger partial charge in [0.2, 0.25) is 0 Å². The molecule has 0 aliphatic rings. The summed E-state index contributed by atoms with van der Waals surface area (Å²) in [6.07, 6.45) is -0.466. The van der Waals surface area contributed by atoms with Crippen LogP contribution in [-0.4, -0.2) is 24.3 Å². The predicted octanol–water partition coefficient (Wildman–Crippen LogP) is 2.36. The van der Waals surface area contributed by atoms with Crippen LogP contribution in [0.2, 0.25) is 0 Å². The molecule has 1 amide bonds. The first-order valence-electron chi connectivity index (χ1n) is 6.34. The van der Waals surface area contributed by atoms with E-state index in [1.165, 1.54) is 0 Å². The number of amides is 1. The first kappa shape index (κ1) is 16.4. The molecular formula is C14H20F2N2O2. The highest BCUT2D eigenvalue weighted by Gasteiger charge is 2.17. The van der Waals surface area contributed by atoms with Gasteiger partial charge in [0.15, 0.2) is 0 Å². The van der Waals surface area contributed by atoms with Gasteiger partial charge in [-0.15, -0.1) is 0 Å². The summed E-state index contributed by atoms with van der Waals surface area (Å²) in [5, 5.41) is 2.49. The molecule has 112 valence electrons. The lowest BCUT2D eigenvalue weighted by Gasteiger charge is -2.20. The van der Waals surface area contributed by atoms with E-state index in [0.29, 0.717) is 0 Å². The van der Waals surface area contributed by atoms with Gasteiger partial charge in [0, 0.05) is 12.6 Å². The van der Waals surface area contributed by atoms with Gasteiger partial charge >= 0.3 is 6.09 Å². The van der Waals surface area contributed by atoms with Gasteiger partial charge in [-0.05, 0) is 51.0 Å². The number of benzene rings is 1. The molecule has 1 unspecified atom stereocenters. The zero-order valence-corrected chi connectivity index (χ0v) is 11.9. The smallest absolute Gasteiger partial charge is 0.407 e. The van der Waals surface area contributed by atoms with Crippen LogP contribution in [0.3, 0.4) is 0 Å². The Balaban J connectivity index is 2.46. The number of hydrogen-bond donors (Lipinski definition) is 2. The number of carbonyl (C=O) groups is 1. The third kappa shape index (κ3) is 5.97. The van der Waals surface area contributed by atoms with Crippen molar-refractivity contribution < 1.29 is 18.3 Å². The minimum absolute atomic E-state index is 0.116. The molecular weight excluding hydrogens is 266 g/mol. The summed E-state index contributed by atoms with van der Waals surface area (Å²) in [6.45, 7) is 5.35. The van der Waals surface area contributed by atoms with Crippen molar-refractivity contribution in [2.75, 3.05) is 6.54 Å². The Morgan fingerprint density at radius 3 is 2.65 bits per heavy atom. The van der Waals surface area contributed by atoms with E-state index in [1.54, 1.807) is 20.8 Å². The molecule has 1 rings (SSSR count). The number of alkyl carbamates (subject to hydrolysis) is 1. The Labute approximate surface area is 117 Å². The zero-order valence-electron chi connectivity index (χ0n) is 11.9. The summed E-state index contributed by atoms with van der Waals surface area (Å²) in [5.74, 6) is -1.03. The van der Waals surface area contributed by atoms with Crippen molar-refractivity contribution in [1.82, 2.24) is 5.32 Å². The van der Waals surface area contributed by atoms with Crippen LogP contribution in [0.5, 0.6) is 0 Å². The lowest BCUT2D eigenvalue weighted by atomic mass is 10.1. The molecule has 4 nitrogen and oxygen atoms in total. The Kier molecular flexibility index (Phi) is 5.44. The normalized spacial score (nSPS) is 12.9. The van der Waals surface area contributed by atoms with Crippen LogP contribution in [0.15, 0.2) is 18.2 Å². The Morgan fingerprint density at radius 1 is 1.40 bits per heavy atom. The van der Waals surface area contributed by atoms with Gasteiger partial charge in [0.05, 0.1) is 0 Å². The standard InChI is InChI=1S/C14H20F2N2O2/c1-14(2,3)20-13(19)18-8-11(17)7-9-6-10(15)4-5-12(9)16/h4-6,11H,7-8,17H2,1-3H3,(H,18,19). The van der Waals surface area contributed by atoms with Gasteiger partial charge in [-0.2, -0.15) is 0 Å². The second kappa shape index (κ2) is 6.65. The number of halogens is 2. The van der Waals surface area contributed by atoms with Gasteiger partial charge in [-0.25, -0.2) is 13.6 Å². The fourth-order valence-electron chi connectivity index (χ4n) is 1.58. The van der Waals surface area contributed by atoms with Crippen LogP contribution >= 0.6 is 0 Å². The van der Waals surface area contributed by atoms with Crippen molar-refractivity contribution >= 4 is 6.09 Å². The van der Waals surface area contributed by atoms with Crippen LogP contribution in [0, 0.1) is 11.6 Å². The summed E-state index contributed by atoms with van der Waals surface area (Å²) >= 11 is 0. The average Bonchev–Trinajstić information content (AvgIpc) is 2.29. The summed E-state index contributed by atoms with van der Waals surface area (Å²) < 4.78 is 31.5. The SMILES string of the molecule is CC(C)(C)OC(=O)NCC(N)Cc1cc(F)ccc1F. The molecule has 0 heterocycles. The van der Waals surface area contributed by atoms with E-state index in [0.717, 1.165) is 18.2 Å². The predicted molar refractivity (Wildman–Crippen MR) is 72.3 cm³/mol. The van der Waals surface area contributed by atoms with E-state index in [4.69, 9.17) is 10.5 Å². The molecule has 0 saturated carbocycles. The van der Waals surface area contributed by atoms with Gasteiger partial charge in [0.1, 0.15) is 17.2 Å². The number of hydrogen-bond acceptors (Lipinski definition) is 3. The molecule has 20 heavy (non-hydrogen) atoms. The Hall–Kier alpha value is -1.69. The topological polar surface area (TPSA) is 64.3 Å². The van der Waals surface area contributed by atoms with Crippen molar-refractivity contribution in [2.45, 2.75) is 38.8 Å². The Morgan fingerprint density at radius 2 is 2.05 bits per heavy atom. The molecule has 0 aliphatic carbocycles. The highest BCUT2D eigenvalue weighted by Crippen LogP contribution is 2.11. The summed E-state index contributed by atoms with van der Waals surface area (Å²) in [6, 6.07) is 2.67. The zero-order chi connectivity index (χ0) is 15.3. The van der Waals surface area contributed by atoms with E-state index in [9.17, 15) is 13.6 Å². The fraction of sp³-hybridized carbons (Fsp3) is 0.500. The van der Waals surface area contributed by atoms with Crippen LogP contribution in [0.4, 0.5) is 13.6 Å². The maximum absolute atomic E-state index is 13.4. The third-order valence-electron chi connectivity index (χ3n) is 2.40. The molecule has 6 heteroatoms. The first-order valence-corrected chi connectivity index (χ1v) is 6.34. The number of ether oxygens (including phenoxy) is 1. The van der Waals surface area contributed by atoms with Crippen molar-refractivity contribution in [3.8, 4) is 0 Å². The van der Waals surface area contributed by atoms with Crippen molar-refractivity contribution in [3.63, 3.8) is 0 Å². The maximum Gasteiger partial charge on any atom is 0.407 e. The van der Waals surface area contributed by atoms with Crippen molar-refractivity contribution in [1.29, 1.82) is 0 Å². The van der Waals surface area contributed by atoms with E-state index < -0.39 is 29.4 Å². The number of nitrogens with one attached hydrogen (secondary N) is 1. The van der Waals surface area contributed by atoms with E-state index >= 15 is 0 Å². The highest BCUT2D eigenvalue weighted by atomic mass is 19.1. The fourth-order valence-corrected chi connectivity index (χ4v) is 1.58. The van der Waals surface area contributed by atoms with Gasteiger partial charge < -0.3 is 15.8 Å². The maximum atomic E-state index is 13.4. The minimum Gasteiger partial charge on any atom is -0.444 e. The number of nitrogens with two attached hydrogens (primary N) is 1. The molecule has 1 atom stereocenters. The van der Waals surface area contributed by atoms with Crippen LogP contribution in [0.1, 0.15) is 26.3 Å². The molecule has 0 aliphatic heterocycles. The average molecular weight is 286 g/mol. The van der Waals surface area contributed by atoms with E-state index in [1.807, 2.05) is 0 Å². The quantitative estimate of drug-likeness (QED) is 0.893. The lowest BCUT2D eigenvalue weighted by Crippen LogP contribution is -2.41. The third-order valence-corrected chi connectivity index (χ3v) is 2.40. The van der Waals surface area contributed by atoms with Gasteiger partial charge in [0.25, 0.3) is 0 Å². The molecule has 0 spiro atoms. The molecule has 0 radical (unpaired) electrons. The lowest BCUT2D eigenvalue weighted by molar-refractivity contribution is 0.0524. The van der Waals surface area contributed by atoms with Crippen LogP contribution in [0.25, 0.3) is 0 Å². The summed E-state index contributed by atoms with van der Waals surface area (Å²) in [5.41, 5.74) is 5.37. The second-order valence-corrected chi connectivity index (χ2v) is 5.58. The van der Waals surface area contributed by atoms with Crippen LogP contribution < -0.4 is 11.1 Å². The number of carbonyl (C=O) groups excluding carboxylic acids is 1. The molecule has 0 bridgehead atoms. The molecule has 0 fully saturated rings. The van der Waals surface area contributed by atoms with E-state index in [-0.39, 0.29) is 18.5 Å². The monoisotopic (exact) mass is 286 g/mol. The molecule has 1 aromatic rings. The number of rotatable bonds is 4. The summed E-state index contributed by atoms with van der Waals surface area (Å²) in [4.78, 5) is 11.4. The second-order valence-electron chi connectivity index (χ2n) is 5.58. The largest absolute Gasteiger partial charge is 0.444 e. The van der Waals surface area contributed by atoms with Crippen molar-refractivity contribution in [3.05, 3.63) is 35.4 Å². The minimum atomic E-state index is -0.594. The van der Waals surface area contributed by atoms with Crippen LogP contribution in [-0.2, 0) is 11.2 Å². The molecule has 0 aromatic heterocycles. The Bertz CT molecular complexity index is 473. The molecule has 1 aromatic carbocycles. The molecule has 0 saturated heterocycles. The summed E-state index contributed by atoms with van der Waals surface area (Å²) in [7, 11) is 0. The van der Waals surface area contributed by atoms with Crippen molar-refractivity contribution in [2.24, 2.45) is 5.73 Å². The van der Waals surface area contributed by atoms with Gasteiger partial charge in [-0.1, -0.05) is 0 Å². The van der Waals surface area contributed by atoms with Gasteiger partial charge in [-0.3, -0.25) is 0 Å². The first-order chi connectivity index (χ1) is 9.17. The highest BCUT2D eigenvalue weighted by molar-refractivity contribution is 5.67.